The molecule has 3 N–H and O–H groups in total. The second kappa shape index (κ2) is 4.00. The van der Waals surface area contributed by atoms with Crippen LogP contribution in [0.25, 0.3) is 10.1 Å². The van der Waals surface area contributed by atoms with Crippen LogP contribution >= 0.6 is 11.3 Å². The maximum Gasteiger partial charge on any atom is 0.221 e. The number of benzene rings is 1. The zero-order valence-electron chi connectivity index (χ0n) is 8.41. The Balaban J connectivity index is 2.44. The van der Waals surface area contributed by atoms with Crippen molar-refractivity contribution in [1.82, 2.24) is 0 Å². The van der Waals surface area contributed by atoms with Crippen molar-refractivity contribution in [3.63, 3.8) is 0 Å². The lowest BCUT2D eigenvalue weighted by Crippen LogP contribution is -2.05. The molecule has 0 aliphatic rings. The average Bonchev–Trinajstić information content (AvgIpc) is 2.58. The number of nitrogens with one attached hydrogen (secondary N) is 1. The lowest BCUT2D eigenvalue weighted by Gasteiger charge is -2.01. The summed E-state index contributed by atoms with van der Waals surface area (Å²) in [5, 5.41) is 6.00. The van der Waals surface area contributed by atoms with E-state index in [1.54, 1.807) is 11.3 Å². The van der Waals surface area contributed by atoms with Crippen molar-refractivity contribution in [3.05, 3.63) is 29.1 Å². The minimum absolute atomic E-state index is 0.0510. The Bertz CT molecular complexity index is 504. The quantitative estimate of drug-likeness (QED) is 0.816. The number of rotatable bonds is 2. The summed E-state index contributed by atoms with van der Waals surface area (Å²) in [7, 11) is 0. The van der Waals surface area contributed by atoms with Crippen LogP contribution in [0.1, 0.15) is 12.5 Å². The summed E-state index contributed by atoms with van der Waals surface area (Å²) in [5.41, 5.74) is 7.61. The van der Waals surface area contributed by atoms with Crippen molar-refractivity contribution < 1.29 is 4.79 Å². The molecule has 0 unspecified atom stereocenters. The van der Waals surface area contributed by atoms with E-state index in [-0.39, 0.29) is 5.91 Å². The molecular formula is C11H12N2OS. The van der Waals surface area contributed by atoms with Crippen molar-refractivity contribution >= 4 is 33.0 Å². The van der Waals surface area contributed by atoms with Crippen LogP contribution < -0.4 is 11.1 Å². The van der Waals surface area contributed by atoms with Crippen LogP contribution in [0.5, 0.6) is 0 Å². The first-order chi connectivity index (χ1) is 7.20. The van der Waals surface area contributed by atoms with Crippen molar-refractivity contribution in [2.75, 3.05) is 5.32 Å². The summed E-state index contributed by atoms with van der Waals surface area (Å²) in [5.74, 6) is -0.0510. The Morgan fingerprint density at radius 1 is 1.53 bits per heavy atom. The molecule has 1 heterocycles. The lowest BCUT2D eigenvalue weighted by atomic mass is 10.1. The van der Waals surface area contributed by atoms with E-state index in [0.29, 0.717) is 6.54 Å². The summed E-state index contributed by atoms with van der Waals surface area (Å²) in [4.78, 5) is 10.9. The largest absolute Gasteiger partial charge is 0.326 e. The fourth-order valence-electron chi connectivity index (χ4n) is 1.52. The van der Waals surface area contributed by atoms with E-state index in [9.17, 15) is 4.79 Å². The molecule has 0 spiro atoms. The number of anilines is 1. The number of thiophene rings is 1. The van der Waals surface area contributed by atoms with Gasteiger partial charge < -0.3 is 11.1 Å². The van der Waals surface area contributed by atoms with Gasteiger partial charge in [-0.15, -0.1) is 11.3 Å². The van der Waals surface area contributed by atoms with E-state index >= 15 is 0 Å². The SMILES string of the molecule is CC(=O)Nc1ccc2c(CN)csc2c1. The Morgan fingerprint density at radius 2 is 2.33 bits per heavy atom. The molecule has 2 aromatic rings. The van der Waals surface area contributed by atoms with Crippen molar-refractivity contribution in [2.45, 2.75) is 13.5 Å². The number of hydrogen-bond acceptors (Lipinski definition) is 3. The second-order valence-electron chi connectivity index (χ2n) is 3.36. The number of amides is 1. The molecule has 0 aliphatic heterocycles. The van der Waals surface area contributed by atoms with Crippen LogP contribution in [0.2, 0.25) is 0 Å². The number of carbonyl (C=O) groups excluding carboxylic acids is 1. The molecule has 1 amide bonds. The average molecular weight is 220 g/mol. The smallest absolute Gasteiger partial charge is 0.221 e. The van der Waals surface area contributed by atoms with Gasteiger partial charge in [0.15, 0.2) is 0 Å². The van der Waals surface area contributed by atoms with E-state index in [0.717, 1.165) is 16.0 Å². The van der Waals surface area contributed by atoms with Gasteiger partial charge in [-0.05, 0) is 28.5 Å². The molecule has 1 aromatic heterocycles. The third-order valence-electron chi connectivity index (χ3n) is 2.20. The fraction of sp³-hybridized carbons (Fsp3) is 0.182. The summed E-state index contributed by atoms with van der Waals surface area (Å²) in [6.07, 6.45) is 0. The molecule has 2 rings (SSSR count). The number of carbonyl (C=O) groups is 1. The molecule has 0 saturated heterocycles. The molecule has 0 radical (unpaired) electrons. The second-order valence-corrected chi connectivity index (χ2v) is 4.27. The van der Waals surface area contributed by atoms with Crippen LogP contribution in [0.4, 0.5) is 5.69 Å². The van der Waals surface area contributed by atoms with Crippen molar-refractivity contribution in [1.29, 1.82) is 0 Å². The molecule has 0 saturated carbocycles. The van der Waals surface area contributed by atoms with Crippen LogP contribution in [-0.4, -0.2) is 5.91 Å². The highest BCUT2D eigenvalue weighted by Gasteiger charge is 2.03. The highest BCUT2D eigenvalue weighted by Crippen LogP contribution is 2.28. The molecule has 0 fully saturated rings. The van der Waals surface area contributed by atoms with Gasteiger partial charge in [0, 0.05) is 23.9 Å². The van der Waals surface area contributed by atoms with Gasteiger partial charge in [-0.1, -0.05) is 6.07 Å². The summed E-state index contributed by atoms with van der Waals surface area (Å²) in [6, 6.07) is 5.87. The first-order valence-electron chi connectivity index (χ1n) is 4.68. The third kappa shape index (κ3) is 2.00. The van der Waals surface area contributed by atoms with E-state index in [4.69, 9.17) is 5.73 Å². The molecule has 0 bridgehead atoms. The molecule has 3 nitrogen and oxygen atoms in total. The van der Waals surface area contributed by atoms with Crippen LogP contribution in [0.3, 0.4) is 0 Å². The van der Waals surface area contributed by atoms with E-state index in [2.05, 4.69) is 10.7 Å². The molecule has 1 aromatic carbocycles. The molecule has 78 valence electrons. The first kappa shape index (κ1) is 10.1. The minimum Gasteiger partial charge on any atom is -0.326 e. The number of nitrogens with two attached hydrogens (primary N) is 1. The maximum atomic E-state index is 10.9. The standard InChI is InChI=1S/C11H12N2OS/c1-7(14)13-9-2-3-10-8(5-12)6-15-11(10)4-9/h2-4,6H,5,12H2,1H3,(H,13,14). The van der Waals surface area contributed by atoms with E-state index in [1.807, 2.05) is 18.2 Å². The molecule has 15 heavy (non-hydrogen) atoms. The van der Waals surface area contributed by atoms with Gasteiger partial charge in [-0.2, -0.15) is 0 Å². The zero-order valence-corrected chi connectivity index (χ0v) is 9.23. The molecular weight excluding hydrogens is 208 g/mol. The monoisotopic (exact) mass is 220 g/mol. The summed E-state index contributed by atoms with van der Waals surface area (Å²) in [6.45, 7) is 2.06. The van der Waals surface area contributed by atoms with Gasteiger partial charge >= 0.3 is 0 Å². The fourth-order valence-corrected chi connectivity index (χ4v) is 2.54. The predicted octanol–water partition coefficient (Wildman–Crippen LogP) is 2.32. The van der Waals surface area contributed by atoms with Crippen molar-refractivity contribution in [3.8, 4) is 0 Å². The van der Waals surface area contributed by atoms with Gasteiger partial charge in [0.25, 0.3) is 0 Å². The van der Waals surface area contributed by atoms with Gasteiger partial charge in [0.1, 0.15) is 0 Å². The third-order valence-corrected chi connectivity index (χ3v) is 3.19. The predicted molar refractivity (Wildman–Crippen MR) is 64.0 cm³/mol. The summed E-state index contributed by atoms with van der Waals surface area (Å²) < 4.78 is 1.15. The summed E-state index contributed by atoms with van der Waals surface area (Å²) >= 11 is 1.65. The van der Waals surface area contributed by atoms with E-state index in [1.165, 1.54) is 12.3 Å². The number of fused-ring (bicyclic) bond motifs is 1. The Kier molecular flexibility index (Phi) is 2.70. The Morgan fingerprint density at radius 3 is 3.00 bits per heavy atom. The first-order valence-corrected chi connectivity index (χ1v) is 5.56. The van der Waals surface area contributed by atoms with Gasteiger partial charge in [-0.25, -0.2) is 0 Å². The Labute approximate surface area is 91.9 Å². The molecule has 0 aliphatic carbocycles. The topological polar surface area (TPSA) is 55.1 Å². The molecule has 0 atom stereocenters. The highest BCUT2D eigenvalue weighted by atomic mass is 32.1. The van der Waals surface area contributed by atoms with Crippen LogP contribution in [-0.2, 0) is 11.3 Å². The zero-order chi connectivity index (χ0) is 10.8. The highest BCUT2D eigenvalue weighted by molar-refractivity contribution is 7.17. The van der Waals surface area contributed by atoms with Gasteiger partial charge in [0.05, 0.1) is 0 Å². The van der Waals surface area contributed by atoms with Gasteiger partial charge in [0.2, 0.25) is 5.91 Å². The van der Waals surface area contributed by atoms with Gasteiger partial charge in [-0.3, -0.25) is 4.79 Å². The normalized spacial score (nSPS) is 10.5. The lowest BCUT2D eigenvalue weighted by molar-refractivity contribution is -0.114. The molecule has 4 heteroatoms. The minimum atomic E-state index is -0.0510. The maximum absolute atomic E-state index is 10.9. The number of hydrogen-bond donors (Lipinski definition) is 2. The Hall–Kier alpha value is -1.39. The van der Waals surface area contributed by atoms with Crippen LogP contribution in [0, 0.1) is 0 Å². The van der Waals surface area contributed by atoms with E-state index < -0.39 is 0 Å². The van der Waals surface area contributed by atoms with Crippen molar-refractivity contribution in [2.24, 2.45) is 5.73 Å². The van der Waals surface area contributed by atoms with Crippen LogP contribution in [0.15, 0.2) is 23.6 Å².